The minimum atomic E-state index is 0.0362. The van der Waals surface area contributed by atoms with Crippen molar-refractivity contribution in [2.24, 2.45) is 0 Å². The molecule has 0 bridgehead atoms. The predicted octanol–water partition coefficient (Wildman–Crippen LogP) is 3.17. The minimum absolute atomic E-state index is 0.0362. The van der Waals surface area contributed by atoms with Crippen LogP contribution >= 0.6 is 22.9 Å². The molecule has 8 heteroatoms. The van der Waals surface area contributed by atoms with Crippen LogP contribution in [0.4, 0.5) is 5.95 Å². The highest BCUT2D eigenvalue weighted by Crippen LogP contribution is 2.27. The number of anilines is 1. The van der Waals surface area contributed by atoms with E-state index in [1.807, 2.05) is 27.7 Å². The average molecular weight is 314 g/mol. The Morgan fingerprint density at radius 1 is 1.25 bits per heavy atom. The van der Waals surface area contributed by atoms with Crippen LogP contribution in [0.5, 0.6) is 6.01 Å². The van der Waals surface area contributed by atoms with E-state index in [4.69, 9.17) is 16.3 Å². The van der Waals surface area contributed by atoms with E-state index in [2.05, 4.69) is 25.3 Å². The molecule has 1 atom stereocenters. The first-order valence-corrected chi connectivity index (χ1v) is 7.44. The largest absolute Gasteiger partial charge is 0.464 e. The van der Waals surface area contributed by atoms with Crippen molar-refractivity contribution in [1.29, 1.82) is 0 Å². The van der Waals surface area contributed by atoms with Crippen LogP contribution in [-0.2, 0) is 0 Å². The Hall–Kier alpha value is -1.47. The summed E-state index contributed by atoms with van der Waals surface area (Å²) in [7, 11) is 0. The molecule has 2 aromatic heterocycles. The van der Waals surface area contributed by atoms with Gasteiger partial charge in [0.15, 0.2) is 0 Å². The molecular weight excluding hydrogens is 298 g/mol. The maximum atomic E-state index is 5.86. The quantitative estimate of drug-likeness (QED) is 0.914. The van der Waals surface area contributed by atoms with Crippen LogP contribution in [0, 0.1) is 13.8 Å². The number of nitrogens with zero attached hydrogens (tertiary/aromatic N) is 4. The molecule has 2 aromatic rings. The van der Waals surface area contributed by atoms with Crippen LogP contribution in [0.25, 0.3) is 0 Å². The van der Waals surface area contributed by atoms with Crippen LogP contribution in [0.1, 0.15) is 35.5 Å². The summed E-state index contributed by atoms with van der Waals surface area (Å²) >= 11 is 7.51. The number of aryl methyl sites for hydroxylation is 2. The minimum Gasteiger partial charge on any atom is -0.464 e. The molecular formula is C12H16ClN5OS. The topological polar surface area (TPSA) is 72.8 Å². The lowest BCUT2D eigenvalue weighted by Crippen LogP contribution is -2.11. The van der Waals surface area contributed by atoms with Gasteiger partial charge in [0.05, 0.1) is 23.4 Å². The Balaban J connectivity index is 2.18. The predicted molar refractivity (Wildman–Crippen MR) is 79.6 cm³/mol. The highest BCUT2D eigenvalue weighted by Gasteiger charge is 2.15. The fourth-order valence-corrected chi connectivity index (χ4v) is 2.88. The van der Waals surface area contributed by atoms with E-state index in [1.54, 1.807) is 11.3 Å². The first-order chi connectivity index (χ1) is 9.49. The van der Waals surface area contributed by atoms with E-state index in [0.717, 1.165) is 15.6 Å². The number of hydrogen-bond acceptors (Lipinski definition) is 7. The number of thiazole rings is 1. The summed E-state index contributed by atoms with van der Waals surface area (Å²) in [5.41, 5.74) is 1.01. The van der Waals surface area contributed by atoms with Gasteiger partial charge in [0.25, 0.3) is 0 Å². The third-order valence-corrected chi connectivity index (χ3v) is 3.96. The van der Waals surface area contributed by atoms with Gasteiger partial charge in [-0.3, -0.25) is 0 Å². The lowest BCUT2D eigenvalue weighted by molar-refractivity contribution is 0.312. The lowest BCUT2D eigenvalue weighted by atomic mass is 10.2. The Morgan fingerprint density at radius 3 is 2.60 bits per heavy atom. The molecule has 0 spiro atoms. The molecule has 0 fully saturated rings. The molecule has 0 saturated carbocycles. The maximum Gasteiger partial charge on any atom is 0.322 e. The number of halogens is 1. The van der Waals surface area contributed by atoms with Gasteiger partial charge in [0.2, 0.25) is 11.2 Å². The highest BCUT2D eigenvalue weighted by molar-refractivity contribution is 7.11. The molecule has 0 aliphatic heterocycles. The highest BCUT2D eigenvalue weighted by atomic mass is 35.5. The molecule has 2 rings (SSSR count). The summed E-state index contributed by atoms with van der Waals surface area (Å²) in [5, 5.41) is 4.34. The second-order valence-corrected chi connectivity index (χ2v) is 5.77. The van der Waals surface area contributed by atoms with Gasteiger partial charge in [0, 0.05) is 4.88 Å². The van der Waals surface area contributed by atoms with E-state index in [-0.39, 0.29) is 17.3 Å². The smallest absolute Gasteiger partial charge is 0.322 e. The normalized spacial score (nSPS) is 12.2. The van der Waals surface area contributed by atoms with Crippen molar-refractivity contribution < 1.29 is 4.74 Å². The maximum absolute atomic E-state index is 5.86. The summed E-state index contributed by atoms with van der Waals surface area (Å²) < 4.78 is 5.25. The van der Waals surface area contributed by atoms with Crippen molar-refractivity contribution in [1.82, 2.24) is 19.9 Å². The Kier molecular flexibility index (Phi) is 4.72. The number of hydrogen-bond donors (Lipinski definition) is 1. The standard InChI is InChI=1S/C12H16ClN5OS/c1-5-19-12-17-10(13)16-11(18-12)15-7(3)9-6(2)14-8(4)20-9/h7H,5H2,1-4H3,(H,15,16,17,18). The van der Waals surface area contributed by atoms with Gasteiger partial charge in [-0.2, -0.15) is 15.0 Å². The van der Waals surface area contributed by atoms with E-state index < -0.39 is 0 Å². The second-order valence-electron chi connectivity index (χ2n) is 4.19. The molecule has 0 aliphatic carbocycles. The van der Waals surface area contributed by atoms with Crippen LogP contribution in [0.15, 0.2) is 0 Å². The van der Waals surface area contributed by atoms with Crippen LogP contribution in [0.3, 0.4) is 0 Å². The third-order valence-electron chi connectivity index (χ3n) is 2.54. The van der Waals surface area contributed by atoms with Gasteiger partial charge in [-0.15, -0.1) is 11.3 Å². The van der Waals surface area contributed by atoms with Crippen molar-refractivity contribution in [2.45, 2.75) is 33.7 Å². The van der Waals surface area contributed by atoms with Gasteiger partial charge in [-0.1, -0.05) is 0 Å². The van der Waals surface area contributed by atoms with Crippen molar-refractivity contribution in [3.8, 4) is 6.01 Å². The molecule has 0 aromatic carbocycles. The Labute approximate surface area is 126 Å². The molecule has 20 heavy (non-hydrogen) atoms. The number of nitrogens with one attached hydrogen (secondary N) is 1. The lowest BCUT2D eigenvalue weighted by Gasteiger charge is -2.13. The van der Waals surface area contributed by atoms with Crippen LogP contribution in [-0.4, -0.2) is 26.5 Å². The average Bonchev–Trinajstić information content (AvgIpc) is 2.68. The van der Waals surface area contributed by atoms with E-state index in [1.165, 1.54) is 0 Å². The molecule has 0 saturated heterocycles. The van der Waals surface area contributed by atoms with E-state index in [0.29, 0.717) is 12.6 Å². The molecule has 1 unspecified atom stereocenters. The molecule has 0 radical (unpaired) electrons. The van der Waals surface area contributed by atoms with Gasteiger partial charge in [-0.25, -0.2) is 4.98 Å². The first kappa shape index (κ1) is 14.9. The molecule has 1 N–H and O–H groups in total. The summed E-state index contributed by atoms with van der Waals surface area (Å²) in [6.07, 6.45) is 0. The number of rotatable bonds is 5. The van der Waals surface area contributed by atoms with Gasteiger partial charge in [0.1, 0.15) is 0 Å². The van der Waals surface area contributed by atoms with E-state index >= 15 is 0 Å². The van der Waals surface area contributed by atoms with Crippen molar-refractivity contribution in [3.63, 3.8) is 0 Å². The Morgan fingerprint density at radius 2 is 2.00 bits per heavy atom. The zero-order valence-corrected chi connectivity index (χ0v) is 13.3. The Bertz CT molecular complexity index is 604. The molecule has 0 amide bonds. The molecule has 2 heterocycles. The third kappa shape index (κ3) is 3.55. The summed E-state index contributed by atoms with van der Waals surface area (Å²) in [4.78, 5) is 17.7. The zero-order chi connectivity index (χ0) is 14.7. The molecule has 0 aliphatic rings. The summed E-state index contributed by atoms with van der Waals surface area (Å²) in [5.74, 6) is 0.395. The summed E-state index contributed by atoms with van der Waals surface area (Å²) in [6.45, 7) is 8.33. The van der Waals surface area contributed by atoms with Crippen molar-refractivity contribution in [3.05, 3.63) is 20.9 Å². The number of aromatic nitrogens is 4. The van der Waals surface area contributed by atoms with Crippen molar-refractivity contribution in [2.75, 3.05) is 11.9 Å². The first-order valence-electron chi connectivity index (χ1n) is 6.24. The zero-order valence-electron chi connectivity index (χ0n) is 11.8. The second kappa shape index (κ2) is 6.32. The molecule has 108 valence electrons. The van der Waals surface area contributed by atoms with Crippen LogP contribution in [0.2, 0.25) is 5.28 Å². The number of ether oxygens (including phenoxy) is 1. The van der Waals surface area contributed by atoms with E-state index in [9.17, 15) is 0 Å². The van der Waals surface area contributed by atoms with Gasteiger partial charge >= 0.3 is 6.01 Å². The SMILES string of the molecule is CCOc1nc(Cl)nc(NC(C)c2sc(C)nc2C)n1. The van der Waals surface area contributed by atoms with Crippen LogP contribution < -0.4 is 10.1 Å². The van der Waals surface area contributed by atoms with Gasteiger partial charge in [-0.05, 0) is 39.3 Å². The monoisotopic (exact) mass is 313 g/mol. The summed E-state index contributed by atoms with van der Waals surface area (Å²) in [6, 6.07) is 0.258. The fraction of sp³-hybridized carbons (Fsp3) is 0.500. The van der Waals surface area contributed by atoms with Crippen molar-refractivity contribution >= 4 is 28.9 Å². The van der Waals surface area contributed by atoms with Gasteiger partial charge < -0.3 is 10.1 Å². The fourth-order valence-electron chi connectivity index (χ4n) is 1.80. The molecule has 6 nitrogen and oxygen atoms in total.